The van der Waals surface area contributed by atoms with Crippen LogP contribution in [0.5, 0.6) is 0 Å². The molecule has 1 aliphatic carbocycles. The van der Waals surface area contributed by atoms with Crippen molar-refractivity contribution in [1.29, 1.82) is 0 Å². The van der Waals surface area contributed by atoms with Crippen LogP contribution in [-0.2, 0) is 10.0 Å². The molecule has 2 aromatic heterocycles. The first-order valence-electron chi connectivity index (χ1n) is 13.9. The van der Waals surface area contributed by atoms with Crippen LogP contribution in [0, 0.1) is 5.41 Å². The average molecular weight is 571 g/mol. The summed E-state index contributed by atoms with van der Waals surface area (Å²) in [7, 11) is -3.71. The maximum atomic E-state index is 13.8. The number of fused-ring (bicyclic) bond motifs is 1. The Bertz CT molecular complexity index is 1500. The molecule has 2 saturated heterocycles. The normalized spacial score (nSPS) is 19.2. The Morgan fingerprint density at radius 1 is 1.00 bits per heavy atom. The first kappa shape index (κ1) is 26.8. The van der Waals surface area contributed by atoms with Crippen molar-refractivity contribution in [3.8, 4) is 0 Å². The fraction of sp³-hybridized carbons (Fsp3) is 0.500. The van der Waals surface area contributed by atoms with E-state index in [1.807, 2.05) is 18.2 Å². The van der Waals surface area contributed by atoms with E-state index in [4.69, 9.17) is 5.11 Å². The van der Waals surface area contributed by atoms with Gasteiger partial charge in [-0.25, -0.2) is 17.3 Å². The number of aliphatic hydroxyl groups is 1. The van der Waals surface area contributed by atoms with Gasteiger partial charge < -0.3 is 20.2 Å². The van der Waals surface area contributed by atoms with Crippen molar-refractivity contribution in [2.45, 2.75) is 44.7 Å². The largest absolute Gasteiger partial charge is 0.395 e. The summed E-state index contributed by atoms with van der Waals surface area (Å²) in [4.78, 5) is 18.0. The minimum Gasteiger partial charge on any atom is -0.395 e. The molecular weight excluding hydrogens is 535 g/mol. The molecular formula is C28H35FN6O4S. The highest BCUT2D eigenvalue weighted by molar-refractivity contribution is 7.92. The maximum Gasteiger partial charge on any atom is 0.257 e. The SMILES string of the molecule is O=C(Nc1cc(N2CCC(F)CC2)n2nccc2c1)c1ccc(NS(=O)(=O)CCO)cc1N1CCC2(CC1)CC2. The number of hydrogen-bond acceptors (Lipinski definition) is 7. The predicted octanol–water partition coefficient (Wildman–Crippen LogP) is 3.64. The molecule has 0 unspecified atom stereocenters. The molecule has 0 bridgehead atoms. The van der Waals surface area contributed by atoms with E-state index in [9.17, 15) is 17.6 Å². The number of carbonyl (C=O) groups is 1. The Hall–Kier alpha value is -3.38. The van der Waals surface area contributed by atoms with Gasteiger partial charge in [0.05, 0.1) is 41.0 Å². The van der Waals surface area contributed by atoms with Gasteiger partial charge in [0.25, 0.3) is 5.91 Å². The molecule has 12 heteroatoms. The molecule has 10 nitrogen and oxygen atoms in total. The van der Waals surface area contributed by atoms with Crippen molar-refractivity contribution in [3.63, 3.8) is 0 Å². The molecule has 3 fully saturated rings. The van der Waals surface area contributed by atoms with E-state index < -0.39 is 28.6 Å². The zero-order valence-corrected chi connectivity index (χ0v) is 23.2. The van der Waals surface area contributed by atoms with Crippen molar-refractivity contribution in [2.75, 3.05) is 58.4 Å². The number of halogens is 1. The van der Waals surface area contributed by atoms with E-state index in [-0.39, 0.29) is 5.91 Å². The molecule has 0 atom stereocenters. The summed E-state index contributed by atoms with van der Waals surface area (Å²) in [6.07, 6.45) is 6.39. The second-order valence-electron chi connectivity index (χ2n) is 11.2. The molecule has 1 spiro atoms. The van der Waals surface area contributed by atoms with Gasteiger partial charge in [-0.15, -0.1) is 0 Å². The minimum absolute atomic E-state index is 0.302. The fourth-order valence-corrected chi connectivity index (χ4v) is 6.72. The van der Waals surface area contributed by atoms with Crippen LogP contribution >= 0.6 is 0 Å². The molecule has 1 saturated carbocycles. The smallest absolute Gasteiger partial charge is 0.257 e. The highest BCUT2D eigenvalue weighted by Gasteiger charge is 2.44. The van der Waals surface area contributed by atoms with Crippen LogP contribution < -0.4 is 19.8 Å². The average Bonchev–Trinajstić information content (AvgIpc) is 3.50. The number of rotatable bonds is 8. The molecule has 1 aromatic carbocycles. The molecule has 1 amide bonds. The van der Waals surface area contributed by atoms with Crippen molar-refractivity contribution in [2.24, 2.45) is 5.41 Å². The van der Waals surface area contributed by atoms with Gasteiger partial charge in [0, 0.05) is 37.9 Å². The third-order valence-electron chi connectivity index (χ3n) is 8.48. The number of alkyl halides is 1. The van der Waals surface area contributed by atoms with Crippen LogP contribution in [0.2, 0.25) is 0 Å². The molecule has 3 N–H and O–H groups in total. The number of nitrogens with one attached hydrogen (secondary N) is 2. The number of nitrogens with zero attached hydrogens (tertiary/aromatic N) is 4. The molecule has 3 aliphatic rings. The molecule has 3 aromatic rings. The van der Waals surface area contributed by atoms with Crippen molar-refractivity contribution in [1.82, 2.24) is 9.61 Å². The summed E-state index contributed by atoms with van der Waals surface area (Å²) in [5.74, 6) is 0.0900. The number of benzene rings is 1. The second-order valence-corrected chi connectivity index (χ2v) is 13.1. The summed E-state index contributed by atoms with van der Waals surface area (Å²) in [6.45, 7) is 2.25. The highest BCUT2D eigenvalue weighted by atomic mass is 32.2. The first-order valence-corrected chi connectivity index (χ1v) is 15.6. The standard InChI is InChI=1S/C28H35FN6O4S/c29-20-4-11-34(12-5-20)26-19-22(17-23-3-10-30-35(23)26)31-27(37)24-2-1-21(32-40(38,39)16-15-36)18-25(24)33-13-8-28(6-7-28)9-14-33/h1-3,10,17-20,32,36H,4-9,11-16H2,(H,31,37). The van der Waals surface area contributed by atoms with E-state index >= 15 is 0 Å². The molecule has 214 valence electrons. The number of hydrogen-bond donors (Lipinski definition) is 3. The quantitative estimate of drug-likeness (QED) is 0.378. The van der Waals surface area contributed by atoms with Crippen LogP contribution in [-0.4, -0.2) is 73.8 Å². The number of aromatic nitrogens is 2. The Kier molecular flexibility index (Phi) is 7.07. The van der Waals surface area contributed by atoms with Gasteiger partial charge in [-0.05, 0) is 74.3 Å². The van der Waals surface area contributed by atoms with Crippen molar-refractivity contribution in [3.05, 3.63) is 48.2 Å². The Morgan fingerprint density at radius 2 is 1.75 bits per heavy atom. The van der Waals surface area contributed by atoms with E-state index in [1.54, 1.807) is 28.9 Å². The number of pyridine rings is 1. The van der Waals surface area contributed by atoms with Gasteiger partial charge in [-0.3, -0.25) is 9.52 Å². The van der Waals surface area contributed by atoms with Crippen LogP contribution in [0.25, 0.3) is 5.52 Å². The molecule has 0 radical (unpaired) electrons. The lowest BCUT2D eigenvalue weighted by molar-refractivity contribution is 0.102. The summed E-state index contributed by atoms with van der Waals surface area (Å²) < 4.78 is 42.7. The van der Waals surface area contributed by atoms with E-state index in [2.05, 4.69) is 24.9 Å². The zero-order chi connectivity index (χ0) is 27.9. The predicted molar refractivity (Wildman–Crippen MR) is 154 cm³/mol. The lowest BCUT2D eigenvalue weighted by Gasteiger charge is -2.35. The summed E-state index contributed by atoms with van der Waals surface area (Å²) >= 11 is 0. The Balaban J connectivity index is 1.29. The number of carbonyl (C=O) groups excluding carboxylic acids is 1. The van der Waals surface area contributed by atoms with Gasteiger partial charge in [0.1, 0.15) is 12.0 Å². The third-order valence-corrected chi connectivity index (χ3v) is 9.75. The van der Waals surface area contributed by atoms with Crippen LogP contribution in [0.15, 0.2) is 42.6 Å². The number of amides is 1. The topological polar surface area (TPSA) is 119 Å². The number of anilines is 4. The lowest BCUT2D eigenvalue weighted by Crippen LogP contribution is -2.36. The van der Waals surface area contributed by atoms with Gasteiger partial charge in [0.15, 0.2) is 0 Å². The van der Waals surface area contributed by atoms with Crippen LogP contribution in [0.4, 0.5) is 27.3 Å². The van der Waals surface area contributed by atoms with E-state index in [1.165, 1.54) is 12.8 Å². The first-order chi connectivity index (χ1) is 19.2. The number of piperidine rings is 2. The van der Waals surface area contributed by atoms with Crippen LogP contribution in [0.1, 0.15) is 48.9 Å². The monoisotopic (exact) mass is 570 g/mol. The van der Waals surface area contributed by atoms with Gasteiger partial charge in [-0.2, -0.15) is 5.10 Å². The minimum atomic E-state index is -3.71. The molecule has 6 rings (SSSR count). The number of aliphatic hydroxyl groups excluding tert-OH is 1. The molecule has 40 heavy (non-hydrogen) atoms. The highest BCUT2D eigenvalue weighted by Crippen LogP contribution is 2.54. The zero-order valence-electron chi connectivity index (χ0n) is 22.4. The number of sulfonamides is 1. The third kappa shape index (κ3) is 5.60. The summed E-state index contributed by atoms with van der Waals surface area (Å²) in [5.41, 5.74) is 3.33. The van der Waals surface area contributed by atoms with Gasteiger partial charge in [0.2, 0.25) is 10.0 Å². The van der Waals surface area contributed by atoms with Crippen molar-refractivity contribution >= 4 is 44.3 Å². The lowest BCUT2D eigenvalue weighted by atomic mass is 9.93. The van der Waals surface area contributed by atoms with Gasteiger partial charge >= 0.3 is 0 Å². The Morgan fingerprint density at radius 3 is 2.45 bits per heavy atom. The van der Waals surface area contributed by atoms with Gasteiger partial charge in [-0.1, -0.05) is 0 Å². The second kappa shape index (κ2) is 10.5. The maximum absolute atomic E-state index is 13.8. The van der Waals surface area contributed by atoms with Crippen molar-refractivity contribution < 1.29 is 22.7 Å². The van der Waals surface area contributed by atoms with Crippen LogP contribution in [0.3, 0.4) is 0 Å². The van der Waals surface area contributed by atoms with E-state index in [0.29, 0.717) is 54.0 Å². The molecule has 2 aliphatic heterocycles. The Labute approximate surface area is 233 Å². The summed E-state index contributed by atoms with van der Waals surface area (Å²) in [5, 5.41) is 16.6. The van der Waals surface area contributed by atoms with E-state index in [0.717, 1.165) is 37.3 Å². The fourth-order valence-electron chi connectivity index (χ4n) is 5.89. The molecule has 4 heterocycles. The summed E-state index contributed by atoms with van der Waals surface area (Å²) in [6, 6.07) is 10.5.